The summed E-state index contributed by atoms with van der Waals surface area (Å²) in [6.07, 6.45) is 0. The Morgan fingerprint density at radius 1 is 0.396 bits per heavy atom. The van der Waals surface area contributed by atoms with Gasteiger partial charge in [0, 0.05) is 32.8 Å². The molecule has 0 saturated carbocycles. The second kappa shape index (κ2) is 10.9. The van der Waals surface area contributed by atoms with Gasteiger partial charge < -0.3 is 9.13 Å². The molecule has 0 amide bonds. The quantitative estimate of drug-likeness (QED) is 0.199. The number of hydrogen-bond acceptors (Lipinski definition) is 2. The lowest BCUT2D eigenvalue weighted by Crippen LogP contribution is -2.02. The first-order valence-corrected chi connectivity index (χ1v) is 15.9. The van der Waals surface area contributed by atoms with Crippen molar-refractivity contribution in [2.45, 2.75) is 0 Å². The van der Waals surface area contributed by atoms with E-state index in [4.69, 9.17) is 0 Å². The number of rotatable bonds is 4. The highest BCUT2D eigenvalue weighted by Gasteiger charge is 2.21. The van der Waals surface area contributed by atoms with E-state index in [1.54, 1.807) is 0 Å². The van der Waals surface area contributed by atoms with Crippen LogP contribution in [0.25, 0.3) is 77.2 Å². The monoisotopic (exact) mass is 610 g/mol. The van der Waals surface area contributed by atoms with Gasteiger partial charge in [0.25, 0.3) is 0 Å². The van der Waals surface area contributed by atoms with Crippen LogP contribution in [-0.4, -0.2) is 9.13 Å². The van der Waals surface area contributed by atoms with Crippen molar-refractivity contribution < 1.29 is 0 Å². The fourth-order valence-corrected chi connectivity index (χ4v) is 7.25. The van der Waals surface area contributed by atoms with Gasteiger partial charge in [-0.25, -0.2) is 0 Å². The number of fused-ring (bicyclic) bond motifs is 6. The standard InChI is InChI=1S/C44H26N4/c45-27-29-18-23-43-39(24-29)37-14-6-9-17-42(37)48(43)44-33(28-46)25-32(30-10-2-1-3-11-30)26-38(44)31-19-21-34(22-20-31)47-40-15-7-4-12-35(40)36-13-5-8-16-41(36)47/h1-26H. The first-order chi connectivity index (χ1) is 23.7. The summed E-state index contributed by atoms with van der Waals surface area (Å²) in [4.78, 5) is 0. The molecule has 0 radical (unpaired) electrons. The lowest BCUT2D eigenvalue weighted by Gasteiger charge is -2.18. The van der Waals surface area contributed by atoms with Gasteiger partial charge in [-0.15, -0.1) is 0 Å². The van der Waals surface area contributed by atoms with E-state index >= 15 is 0 Å². The fraction of sp³-hybridized carbons (Fsp3) is 0. The molecule has 0 bridgehead atoms. The molecule has 7 aromatic carbocycles. The molecule has 222 valence electrons. The van der Waals surface area contributed by atoms with Crippen LogP contribution in [0.5, 0.6) is 0 Å². The summed E-state index contributed by atoms with van der Waals surface area (Å²) in [5, 5.41) is 24.9. The van der Waals surface area contributed by atoms with Gasteiger partial charge in [0.15, 0.2) is 0 Å². The summed E-state index contributed by atoms with van der Waals surface area (Å²) in [6.45, 7) is 0. The Morgan fingerprint density at radius 2 is 0.958 bits per heavy atom. The third-order valence-electron chi connectivity index (χ3n) is 9.38. The van der Waals surface area contributed by atoms with Crippen molar-refractivity contribution in [1.29, 1.82) is 10.5 Å². The van der Waals surface area contributed by atoms with Crippen molar-refractivity contribution in [2.24, 2.45) is 0 Å². The smallest absolute Gasteiger partial charge is 0.101 e. The Balaban J connectivity index is 1.32. The van der Waals surface area contributed by atoms with Crippen LogP contribution in [-0.2, 0) is 0 Å². The zero-order valence-electron chi connectivity index (χ0n) is 25.8. The number of benzene rings is 7. The summed E-state index contributed by atoms with van der Waals surface area (Å²) in [6, 6.07) is 59.0. The summed E-state index contributed by atoms with van der Waals surface area (Å²) in [7, 11) is 0. The molecule has 0 spiro atoms. The van der Waals surface area contributed by atoms with Crippen molar-refractivity contribution in [3.63, 3.8) is 0 Å². The van der Waals surface area contributed by atoms with Gasteiger partial charge >= 0.3 is 0 Å². The van der Waals surface area contributed by atoms with Crippen molar-refractivity contribution in [3.8, 4) is 45.8 Å². The van der Waals surface area contributed by atoms with Crippen LogP contribution in [0.4, 0.5) is 0 Å². The number of nitrogens with zero attached hydrogens (tertiary/aromatic N) is 4. The predicted octanol–water partition coefficient (Wildman–Crippen LogP) is 11.0. The summed E-state index contributed by atoms with van der Waals surface area (Å²) >= 11 is 0. The molecule has 0 fully saturated rings. The van der Waals surface area contributed by atoms with Crippen LogP contribution in [0, 0.1) is 22.7 Å². The molecule has 4 heteroatoms. The second-order valence-corrected chi connectivity index (χ2v) is 12.0. The molecule has 2 heterocycles. The van der Waals surface area contributed by atoms with Gasteiger partial charge in [-0.2, -0.15) is 10.5 Å². The highest BCUT2D eigenvalue weighted by atomic mass is 15.0. The van der Waals surface area contributed by atoms with Gasteiger partial charge in [-0.3, -0.25) is 0 Å². The van der Waals surface area contributed by atoms with Gasteiger partial charge in [0.05, 0.1) is 45.0 Å². The van der Waals surface area contributed by atoms with E-state index in [1.165, 1.54) is 10.8 Å². The van der Waals surface area contributed by atoms with E-state index in [0.29, 0.717) is 11.1 Å². The van der Waals surface area contributed by atoms with Crippen molar-refractivity contribution in [2.75, 3.05) is 0 Å². The van der Waals surface area contributed by atoms with Crippen molar-refractivity contribution in [1.82, 2.24) is 9.13 Å². The molecule has 0 unspecified atom stereocenters. The van der Waals surface area contributed by atoms with Crippen LogP contribution < -0.4 is 0 Å². The van der Waals surface area contributed by atoms with Crippen LogP contribution in [0.1, 0.15) is 11.1 Å². The van der Waals surface area contributed by atoms with E-state index < -0.39 is 0 Å². The summed E-state index contributed by atoms with van der Waals surface area (Å²) < 4.78 is 4.51. The maximum Gasteiger partial charge on any atom is 0.101 e. The molecule has 4 nitrogen and oxygen atoms in total. The second-order valence-electron chi connectivity index (χ2n) is 12.0. The topological polar surface area (TPSA) is 57.4 Å². The average molecular weight is 611 g/mol. The van der Waals surface area contributed by atoms with Crippen molar-refractivity contribution >= 4 is 43.6 Å². The van der Waals surface area contributed by atoms with Crippen LogP contribution in [0.2, 0.25) is 0 Å². The molecule has 9 rings (SSSR count). The highest BCUT2D eigenvalue weighted by molar-refractivity contribution is 6.11. The largest absolute Gasteiger partial charge is 0.309 e. The molecule has 0 aliphatic carbocycles. The van der Waals surface area contributed by atoms with Crippen LogP contribution in [0.15, 0.2) is 158 Å². The summed E-state index contributed by atoms with van der Waals surface area (Å²) in [5.74, 6) is 0. The van der Waals surface area contributed by atoms with E-state index in [9.17, 15) is 10.5 Å². The minimum absolute atomic E-state index is 0.574. The molecular weight excluding hydrogens is 585 g/mol. The fourth-order valence-electron chi connectivity index (χ4n) is 7.25. The third-order valence-corrected chi connectivity index (χ3v) is 9.38. The summed E-state index contributed by atoms with van der Waals surface area (Å²) in [5.41, 5.74) is 11.3. The normalized spacial score (nSPS) is 11.3. The van der Waals surface area contributed by atoms with Crippen LogP contribution in [0.3, 0.4) is 0 Å². The third kappa shape index (κ3) is 4.14. The Hall–Kier alpha value is -6.88. The van der Waals surface area contributed by atoms with Gasteiger partial charge in [0.1, 0.15) is 6.07 Å². The molecular formula is C44H26N4. The Labute approximate surface area is 277 Å². The molecule has 0 N–H and O–H groups in total. The average Bonchev–Trinajstić information content (AvgIpc) is 3.67. The molecule has 9 aromatic rings. The predicted molar refractivity (Wildman–Crippen MR) is 195 cm³/mol. The lowest BCUT2D eigenvalue weighted by atomic mass is 9.93. The zero-order chi connectivity index (χ0) is 32.2. The maximum absolute atomic E-state index is 10.7. The maximum atomic E-state index is 10.7. The number of hydrogen-bond donors (Lipinski definition) is 0. The van der Waals surface area contributed by atoms with E-state index in [1.807, 2.05) is 54.6 Å². The highest BCUT2D eigenvalue weighted by Crippen LogP contribution is 2.41. The number of aromatic nitrogens is 2. The number of nitriles is 2. The lowest BCUT2D eigenvalue weighted by molar-refractivity contribution is 1.16. The molecule has 0 aliphatic heterocycles. The van der Waals surface area contributed by atoms with Crippen molar-refractivity contribution in [3.05, 3.63) is 169 Å². The Kier molecular flexibility index (Phi) is 6.22. The van der Waals surface area contributed by atoms with E-state index in [-0.39, 0.29) is 0 Å². The first-order valence-electron chi connectivity index (χ1n) is 15.9. The Bertz CT molecular complexity index is 2730. The SMILES string of the molecule is N#Cc1ccc2c(c1)c1ccccc1n2-c1c(C#N)cc(-c2ccccc2)cc1-c1ccc(-n2c3ccccc3c3ccccc32)cc1. The van der Waals surface area contributed by atoms with Gasteiger partial charge in [-0.05, 0) is 77.4 Å². The minimum atomic E-state index is 0.574. The first kappa shape index (κ1) is 27.4. The van der Waals surface area contributed by atoms with Gasteiger partial charge in [0.2, 0.25) is 0 Å². The molecule has 48 heavy (non-hydrogen) atoms. The molecule has 0 atom stereocenters. The molecule has 2 aromatic heterocycles. The number of para-hydroxylation sites is 3. The minimum Gasteiger partial charge on any atom is -0.309 e. The molecule has 0 saturated heterocycles. The zero-order valence-corrected chi connectivity index (χ0v) is 25.8. The Morgan fingerprint density at radius 3 is 1.58 bits per heavy atom. The van der Waals surface area contributed by atoms with E-state index in [2.05, 4.69) is 124 Å². The van der Waals surface area contributed by atoms with Crippen LogP contribution >= 0.6 is 0 Å². The van der Waals surface area contributed by atoms with Gasteiger partial charge in [-0.1, -0.05) is 97.1 Å². The molecule has 0 aliphatic rings. The van der Waals surface area contributed by atoms with E-state index in [0.717, 1.165) is 66.5 Å².